The van der Waals surface area contributed by atoms with Gasteiger partial charge in [-0.25, -0.2) is 4.72 Å². The molecule has 1 heterocycles. The second kappa shape index (κ2) is 8.97. The summed E-state index contributed by atoms with van der Waals surface area (Å²) in [5, 5.41) is 9.08. The molecule has 2 N–H and O–H groups in total. The van der Waals surface area contributed by atoms with Crippen molar-refractivity contribution in [3.05, 3.63) is 0 Å². The first-order valence-corrected chi connectivity index (χ1v) is 9.25. The summed E-state index contributed by atoms with van der Waals surface area (Å²) in [4.78, 5) is 0. The van der Waals surface area contributed by atoms with Crippen molar-refractivity contribution in [1.29, 1.82) is 0 Å². The lowest BCUT2D eigenvalue weighted by molar-refractivity contribution is 0.242. The van der Waals surface area contributed by atoms with Gasteiger partial charge in [-0.2, -0.15) is 12.7 Å². The molecule has 20 heavy (non-hydrogen) atoms. The summed E-state index contributed by atoms with van der Waals surface area (Å²) in [5.41, 5.74) is 0. The quantitative estimate of drug-likeness (QED) is 0.717. The van der Waals surface area contributed by atoms with Crippen molar-refractivity contribution in [2.24, 2.45) is 11.8 Å². The van der Waals surface area contributed by atoms with Gasteiger partial charge in [-0.05, 0) is 37.5 Å². The number of rotatable bonds is 8. The number of aliphatic hydroxyl groups is 1. The van der Waals surface area contributed by atoms with Gasteiger partial charge in [0.15, 0.2) is 0 Å². The van der Waals surface area contributed by atoms with E-state index in [4.69, 9.17) is 5.11 Å². The molecule has 1 rings (SSSR count). The van der Waals surface area contributed by atoms with E-state index in [0.29, 0.717) is 32.0 Å². The molecule has 0 aromatic rings. The summed E-state index contributed by atoms with van der Waals surface area (Å²) in [6, 6.07) is 0. The second-order valence-electron chi connectivity index (χ2n) is 6.17. The van der Waals surface area contributed by atoms with Crippen LogP contribution in [-0.2, 0) is 10.2 Å². The molecule has 1 fully saturated rings. The molecule has 1 unspecified atom stereocenters. The molecule has 1 atom stereocenters. The highest BCUT2D eigenvalue weighted by Crippen LogP contribution is 2.16. The Kier molecular flexibility index (Phi) is 8.02. The van der Waals surface area contributed by atoms with E-state index in [9.17, 15) is 8.42 Å². The predicted octanol–water partition coefficient (Wildman–Crippen LogP) is 1.74. The van der Waals surface area contributed by atoms with Crippen LogP contribution in [0.2, 0.25) is 0 Å². The fraction of sp³-hybridized carbons (Fsp3) is 1.00. The number of nitrogens with one attached hydrogen (secondary N) is 1. The highest BCUT2D eigenvalue weighted by Gasteiger charge is 2.23. The number of nitrogens with zero attached hydrogens (tertiary/aromatic N) is 1. The minimum absolute atomic E-state index is 0.114. The minimum atomic E-state index is -3.35. The van der Waals surface area contributed by atoms with Crippen molar-refractivity contribution < 1.29 is 13.5 Å². The van der Waals surface area contributed by atoms with Crippen molar-refractivity contribution in [1.82, 2.24) is 9.03 Å². The van der Waals surface area contributed by atoms with E-state index in [2.05, 4.69) is 18.6 Å². The lowest BCUT2D eigenvalue weighted by Gasteiger charge is -2.23. The largest absolute Gasteiger partial charge is 0.396 e. The molecule has 0 spiro atoms. The zero-order valence-electron chi connectivity index (χ0n) is 12.8. The Morgan fingerprint density at radius 3 is 2.25 bits per heavy atom. The maximum absolute atomic E-state index is 12.3. The fourth-order valence-corrected chi connectivity index (χ4v) is 4.12. The van der Waals surface area contributed by atoms with Gasteiger partial charge in [0, 0.05) is 26.2 Å². The first kappa shape index (κ1) is 17.9. The molecule has 0 saturated carbocycles. The Hall–Kier alpha value is -0.170. The third-order valence-electron chi connectivity index (χ3n) is 3.80. The fourth-order valence-electron chi connectivity index (χ4n) is 2.75. The van der Waals surface area contributed by atoms with Crippen LogP contribution in [0.5, 0.6) is 0 Å². The molecule has 1 saturated heterocycles. The lowest BCUT2D eigenvalue weighted by atomic mass is 9.95. The van der Waals surface area contributed by atoms with E-state index < -0.39 is 10.2 Å². The van der Waals surface area contributed by atoms with Crippen molar-refractivity contribution in [2.75, 3.05) is 26.2 Å². The number of hydrogen-bond acceptors (Lipinski definition) is 3. The van der Waals surface area contributed by atoms with Crippen molar-refractivity contribution in [3.63, 3.8) is 0 Å². The highest BCUT2D eigenvalue weighted by molar-refractivity contribution is 7.87. The molecule has 0 aliphatic carbocycles. The molecule has 1 aliphatic heterocycles. The van der Waals surface area contributed by atoms with Crippen LogP contribution in [0.1, 0.15) is 52.4 Å². The maximum atomic E-state index is 12.3. The van der Waals surface area contributed by atoms with Gasteiger partial charge in [0.2, 0.25) is 0 Å². The van der Waals surface area contributed by atoms with Crippen molar-refractivity contribution in [2.45, 2.75) is 52.4 Å². The first-order valence-electron chi connectivity index (χ1n) is 7.81. The van der Waals surface area contributed by atoms with Crippen molar-refractivity contribution >= 4 is 10.2 Å². The molecule has 0 radical (unpaired) electrons. The van der Waals surface area contributed by atoms with E-state index in [-0.39, 0.29) is 12.5 Å². The van der Waals surface area contributed by atoms with Crippen LogP contribution in [0.3, 0.4) is 0 Å². The van der Waals surface area contributed by atoms with Crippen LogP contribution in [-0.4, -0.2) is 44.1 Å². The summed E-state index contributed by atoms with van der Waals surface area (Å²) >= 11 is 0. The monoisotopic (exact) mass is 306 g/mol. The normalized spacial score (nSPS) is 20.0. The zero-order valence-corrected chi connectivity index (χ0v) is 13.7. The van der Waals surface area contributed by atoms with Gasteiger partial charge >= 0.3 is 0 Å². The van der Waals surface area contributed by atoms with Gasteiger partial charge in [0.25, 0.3) is 10.2 Å². The van der Waals surface area contributed by atoms with Gasteiger partial charge < -0.3 is 5.11 Å². The third-order valence-corrected chi connectivity index (χ3v) is 5.38. The first-order chi connectivity index (χ1) is 9.45. The molecule has 0 aromatic heterocycles. The van der Waals surface area contributed by atoms with Crippen LogP contribution >= 0.6 is 0 Å². The van der Waals surface area contributed by atoms with Gasteiger partial charge in [-0.3, -0.25) is 0 Å². The summed E-state index contributed by atoms with van der Waals surface area (Å²) in [7, 11) is -3.35. The van der Waals surface area contributed by atoms with Gasteiger partial charge in [-0.1, -0.05) is 26.7 Å². The van der Waals surface area contributed by atoms with E-state index in [1.165, 1.54) is 0 Å². The summed E-state index contributed by atoms with van der Waals surface area (Å²) in [6.45, 7) is 6.04. The second-order valence-corrected chi connectivity index (χ2v) is 7.93. The van der Waals surface area contributed by atoms with Crippen LogP contribution in [0.25, 0.3) is 0 Å². The number of aliphatic hydroxyl groups excluding tert-OH is 1. The maximum Gasteiger partial charge on any atom is 0.279 e. The van der Waals surface area contributed by atoms with Crippen LogP contribution in [0.15, 0.2) is 0 Å². The van der Waals surface area contributed by atoms with Crippen LogP contribution in [0, 0.1) is 11.8 Å². The van der Waals surface area contributed by atoms with E-state index in [1.807, 2.05) is 0 Å². The smallest absolute Gasteiger partial charge is 0.279 e. The molecular weight excluding hydrogens is 276 g/mol. The average molecular weight is 306 g/mol. The topological polar surface area (TPSA) is 69.6 Å². The molecular formula is C14H30N2O3S. The lowest BCUT2D eigenvalue weighted by Crippen LogP contribution is -2.43. The zero-order chi connectivity index (χ0) is 15.0. The average Bonchev–Trinajstić information content (AvgIpc) is 2.65. The van der Waals surface area contributed by atoms with Crippen LogP contribution < -0.4 is 4.72 Å². The molecule has 0 aromatic carbocycles. The minimum Gasteiger partial charge on any atom is -0.396 e. The standard InChI is InChI=1S/C14H30N2O3S/c1-13(2)11-14(7-10-17)12-15-20(18,19)16-8-5-3-4-6-9-16/h13-15,17H,3-12H2,1-2H3. The number of hydrogen-bond donors (Lipinski definition) is 2. The van der Waals surface area contributed by atoms with E-state index in [1.54, 1.807) is 4.31 Å². The molecule has 5 nitrogen and oxygen atoms in total. The summed E-state index contributed by atoms with van der Waals surface area (Å²) in [6.07, 6.45) is 5.72. The Morgan fingerprint density at radius 1 is 1.15 bits per heavy atom. The predicted molar refractivity (Wildman–Crippen MR) is 81.6 cm³/mol. The van der Waals surface area contributed by atoms with E-state index >= 15 is 0 Å². The Balaban J connectivity index is 2.50. The highest BCUT2D eigenvalue weighted by atomic mass is 32.2. The van der Waals surface area contributed by atoms with Gasteiger partial charge in [0.1, 0.15) is 0 Å². The molecule has 0 bridgehead atoms. The van der Waals surface area contributed by atoms with Crippen LogP contribution in [0.4, 0.5) is 0 Å². The Labute approximate surface area is 123 Å². The van der Waals surface area contributed by atoms with E-state index in [0.717, 1.165) is 32.1 Å². The SMILES string of the molecule is CC(C)CC(CCO)CNS(=O)(=O)N1CCCCCC1. The van der Waals surface area contributed by atoms with Crippen molar-refractivity contribution in [3.8, 4) is 0 Å². The molecule has 6 heteroatoms. The summed E-state index contributed by atoms with van der Waals surface area (Å²) in [5.74, 6) is 0.719. The molecule has 120 valence electrons. The Bertz CT molecular complexity index is 349. The third kappa shape index (κ3) is 6.52. The summed E-state index contributed by atoms with van der Waals surface area (Å²) < 4.78 is 28.9. The van der Waals surface area contributed by atoms with Gasteiger partial charge in [-0.15, -0.1) is 0 Å². The molecule has 1 aliphatic rings. The molecule has 0 amide bonds. The Morgan fingerprint density at radius 2 is 1.75 bits per heavy atom. The van der Waals surface area contributed by atoms with Gasteiger partial charge in [0.05, 0.1) is 0 Å².